The molecule has 0 bridgehead atoms. The number of thioether (sulfide) groups is 1. The number of amides is 3. The molecule has 44 heavy (non-hydrogen) atoms. The average Bonchev–Trinajstić information content (AvgIpc) is 3.50. The first kappa shape index (κ1) is 30.3. The zero-order valence-electron chi connectivity index (χ0n) is 23.5. The molecule has 2 fully saturated rings. The Labute approximate surface area is 258 Å². The van der Waals surface area contributed by atoms with E-state index in [4.69, 9.17) is 9.47 Å². The van der Waals surface area contributed by atoms with Crippen molar-refractivity contribution in [3.63, 3.8) is 0 Å². The highest BCUT2D eigenvalue weighted by molar-refractivity contribution is 8.00. The predicted octanol–water partition coefficient (Wildman–Crippen LogP) is 5.04. The average molecular weight is 648 g/mol. The second-order valence-corrected chi connectivity index (χ2v) is 12.8. The summed E-state index contributed by atoms with van der Waals surface area (Å²) in [4.78, 5) is 58.2. The van der Waals surface area contributed by atoms with Gasteiger partial charge in [0.2, 0.25) is 11.8 Å². The maximum absolute atomic E-state index is 13.9. The number of ether oxygens (including phenoxy) is 2. The number of hydrogen-bond donors (Lipinski definition) is 1. The van der Waals surface area contributed by atoms with E-state index in [0.29, 0.717) is 40.1 Å². The van der Waals surface area contributed by atoms with Crippen LogP contribution in [0.2, 0.25) is 0 Å². The molecule has 4 heterocycles. The van der Waals surface area contributed by atoms with E-state index in [-0.39, 0.29) is 29.7 Å². The third-order valence-electron chi connectivity index (χ3n) is 7.94. The molecule has 0 aliphatic carbocycles. The number of aromatic amines is 1. The van der Waals surface area contributed by atoms with Crippen molar-refractivity contribution in [3.8, 4) is 11.5 Å². The lowest BCUT2D eigenvalue weighted by molar-refractivity contribution is -0.137. The largest absolute Gasteiger partial charge is 0.490 e. The quantitative estimate of drug-likeness (QED) is 0.358. The van der Waals surface area contributed by atoms with E-state index < -0.39 is 40.6 Å². The van der Waals surface area contributed by atoms with Crippen LogP contribution in [0.4, 0.5) is 18.9 Å². The van der Waals surface area contributed by atoms with Crippen molar-refractivity contribution in [1.82, 2.24) is 9.88 Å². The van der Waals surface area contributed by atoms with Crippen molar-refractivity contribution in [1.29, 1.82) is 0 Å². The first-order chi connectivity index (χ1) is 21.1. The Kier molecular flexibility index (Phi) is 8.22. The third-order valence-corrected chi connectivity index (χ3v) is 10.3. The van der Waals surface area contributed by atoms with Gasteiger partial charge in [0.05, 0.1) is 28.8 Å². The van der Waals surface area contributed by atoms with Gasteiger partial charge in [0.1, 0.15) is 5.25 Å². The van der Waals surface area contributed by atoms with E-state index in [9.17, 15) is 32.3 Å². The summed E-state index contributed by atoms with van der Waals surface area (Å²) < 4.78 is 52.1. The Morgan fingerprint density at radius 1 is 1.00 bits per heavy atom. The standard InChI is InChI=1S/C30H28F3N3O6S2/c1-2-41-20-13-16(9-10-19(20)42-15-21(37)35-11-4-3-5-12-35)22-23-25(43-26-24(22)44-29(40)34-26)28(39)36(27(23)38)18-8-6-7-17(14-18)30(31,32)33/h6-10,13-14,22-23,25H,2-5,11-12,15H2,1H3,(H,34,40). The number of rotatable bonds is 7. The topological polar surface area (TPSA) is 109 Å². The van der Waals surface area contributed by atoms with Crippen LogP contribution in [0.1, 0.15) is 48.1 Å². The summed E-state index contributed by atoms with van der Waals surface area (Å²) in [6.45, 7) is 3.26. The number of hydrogen-bond acceptors (Lipinski definition) is 8. The van der Waals surface area contributed by atoms with Gasteiger partial charge in [-0.05, 0) is 62.1 Å². The van der Waals surface area contributed by atoms with Crippen molar-refractivity contribution in [2.45, 2.75) is 48.6 Å². The van der Waals surface area contributed by atoms with Crippen molar-refractivity contribution < 1.29 is 37.0 Å². The van der Waals surface area contributed by atoms with Crippen LogP contribution in [-0.2, 0) is 20.6 Å². The van der Waals surface area contributed by atoms with Crippen LogP contribution < -0.4 is 19.2 Å². The molecule has 1 N–H and O–H groups in total. The Balaban J connectivity index is 1.34. The molecule has 232 valence electrons. The summed E-state index contributed by atoms with van der Waals surface area (Å²) in [5.74, 6) is -2.57. The summed E-state index contributed by atoms with van der Waals surface area (Å²) in [6, 6.07) is 9.10. The van der Waals surface area contributed by atoms with Crippen LogP contribution in [0, 0.1) is 5.92 Å². The summed E-state index contributed by atoms with van der Waals surface area (Å²) in [7, 11) is 0. The number of fused-ring (bicyclic) bond motifs is 2. The minimum absolute atomic E-state index is 0.130. The lowest BCUT2D eigenvalue weighted by Crippen LogP contribution is -2.38. The van der Waals surface area contributed by atoms with Crippen LogP contribution >= 0.6 is 23.1 Å². The highest BCUT2D eigenvalue weighted by Crippen LogP contribution is 2.54. The van der Waals surface area contributed by atoms with Gasteiger partial charge in [-0.1, -0.05) is 35.2 Å². The normalized spacial score (nSPS) is 21.7. The summed E-state index contributed by atoms with van der Waals surface area (Å²) in [5.41, 5.74) is -0.589. The molecule has 1 aromatic heterocycles. The van der Waals surface area contributed by atoms with Crippen LogP contribution in [-0.4, -0.2) is 59.2 Å². The van der Waals surface area contributed by atoms with Gasteiger partial charge in [-0.2, -0.15) is 13.2 Å². The number of alkyl halides is 3. The second-order valence-electron chi connectivity index (χ2n) is 10.7. The number of carbonyl (C=O) groups is 3. The number of anilines is 1. The lowest BCUT2D eigenvalue weighted by atomic mass is 9.83. The van der Waals surface area contributed by atoms with Gasteiger partial charge in [-0.3, -0.25) is 19.2 Å². The van der Waals surface area contributed by atoms with E-state index >= 15 is 0 Å². The Morgan fingerprint density at radius 3 is 2.50 bits per heavy atom. The Hall–Kier alpha value is -3.78. The summed E-state index contributed by atoms with van der Waals surface area (Å²) in [6.07, 6.45) is -1.67. The number of aromatic nitrogens is 1. The van der Waals surface area contributed by atoms with E-state index in [1.807, 2.05) is 0 Å². The molecule has 2 aromatic carbocycles. The van der Waals surface area contributed by atoms with Gasteiger partial charge in [0, 0.05) is 23.9 Å². The first-order valence-corrected chi connectivity index (χ1v) is 15.9. The SMILES string of the molecule is CCOc1cc(C2c3sc(=O)[nH]c3SC3C(=O)N(c4cccc(C(F)(F)F)c4)C(=O)C32)ccc1OCC(=O)N1CCCCC1. The molecular weight excluding hydrogens is 619 g/mol. The molecule has 14 heteroatoms. The smallest absolute Gasteiger partial charge is 0.416 e. The lowest BCUT2D eigenvalue weighted by Gasteiger charge is -2.30. The van der Waals surface area contributed by atoms with Gasteiger partial charge in [0.25, 0.3) is 5.91 Å². The third kappa shape index (κ3) is 5.60. The molecule has 3 amide bonds. The van der Waals surface area contributed by atoms with Crippen molar-refractivity contribution in [2.24, 2.45) is 5.92 Å². The number of piperidine rings is 1. The van der Waals surface area contributed by atoms with Gasteiger partial charge in [-0.25, -0.2) is 4.90 Å². The number of halogens is 3. The summed E-state index contributed by atoms with van der Waals surface area (Å²) in [5, 5.41) is -0.544. The number of H-pyrrole nitrogens is 1. The molecule has 3 unspecified atom stereocenters. The molecular formula is C30H28F3N3O6S2. The molecule has 0 spiro atoms. The number of benzene rings is 2. The molecule has 3 aliphatic rings. The molecule has 0 saturated carbocycles. The zero-order valence-corrected chi connectivity index (χ0v) is 25.2. The number of thiazole rings is 1. The zero-order chi connectivity index (χ0) is 31.2. The van der Waals surface area contributed by atoms with Gasteiger partial charge in [0.15, 0.2) is 18.1 Å². The molecule has 2 saturated heterocycles. The van der Waals surface area contributed by atoms with E-state index in [1.165, 1.54) is 6.07 Å². The Bertz CT molecular complexity index is 1670. The molecule has 3 aliphatic heterocycles. The van der Waals surface area contributed by atoms with Crippen LogP contribution in [0.25, 0.3) is 0 Å². The fraction of sp³-hybridized carbons (Fsp3) is 0.400. The van der Waals surface area contributed by atoms with E-state index in [2.05, 4.69) is 4.98 Å². The van der Waals surface area contributed by atoms with Crippen molar-refractivity contribution >= 4 is 46.5 Å². The number of nitrogens with one attached hydrogen (secondary N) is 1. The molecule has 3 atom stereocenters. The molecule has 6 rings (SSSR count). The number of imide groups is 1. The van der Waals surface area contributed by atoms with Crippen LogP contribution in [0.5, 0.6) is 11.5 Å². The molecule has 3 aromatic rings. The highest BCUT2D eigenvalue weighted by Gasteiger charge is 2.56. The fourth-order valence-electron chi connectivity index (χ4n) is 5.93. The summed E-state index contributed by atoms with van der Waals surface area (Å²) >= 11 is 1.95. The second kappa shape index (κ2) is 12.0. The minimum atomic E-state index is -4.66. The van der Waals surface area contributed by atoms with Crippen molar-refractivity contribution in [3.05, 3.63) is 68.1 Å². The minimum Gasteiger partial charge on any atom is -0.490 e. The number of nitrogens with zero attached hydrogens (tertiary/aromatic N) is 2. The maximum Gasteiger partial charge on any atom is 0.416 e. The number of likely N-dealkylation sites (tertiary alicyclic amines) is 1. The van der Waals surface area contributed by atoms with Crippen molar-refractivity contribution in [2.75, 3.05) is 31.2 Å². The maximum atomic E-state index is 13.9. The Morgan fingerprint density at radius 2 is 1.77 bits per heavy atom. The first-order valence-electron chi connectivity index (χ1n) is 14.2. The van der Waals surface area contributed by atoms with E-state index in [1.54, 1.807) is 30.0 Å². The van der Waals surface area contributed by atoms with Crippen LogP contribution in [0.3, 0.4) is 0 Å². The van der Waals surface area contributed by atoms with Gasteiger partial charge < -0.3 is 19.4 Å². The predicted molar refractivity (Wildman–Crippen MR) is 157 cm³/mol. The molecule has 9 nitrogen and oxygen atoms in total. The monoisotopic (exact) mass is 647 g/mol. The fourth-order valence-corrected chi connectivity index (χ4v) is 8.45. The van der Waals surface area contributed by atoms with E-state index in [0.717, 1.165) is 65.5 Å². The molecule has 0 radical (unpaired) electrons. The van der Waals surface area contributed by atoms with Gasteiger partial charge >= 0.3 is 11.0 Å². The number of carbonyl (C=O) groups excluding carboxylic acids is 3. The van der Waals surface area contributed by atoms with Crippen LogP contribution in [0.15, 0.2) is 52.3 Å². The van der Waals surface area contributed by atoms with Gasteiger partial charge in [-0.15, -0.1) is 0 Å². The highest BCUT2D eigenvalue weighted by atomic mass is 32.2.